The lowest BCUT2D eigenvalue weighted by Crippen LogP contribution is -2.50. The van der Waals surface area contributed by atoms with Gasteiger partial charge < -0.3 is 15.5 Å². The average molecular weight is 658 g/mol. The number of piperidine rings is 1. The summed E-state index contributed by atoms with van der Waals surface area (Å²) in [4.78, 5) is 64.1. The van der Waals surface area contributed by atoms with Gasteiger partial charge >= 0.3 is 0 Å². The van der Waals surface area contributed by atoms with Crippen molar-refractivity contribution in [3.8, 4) is 11.1 Å². The standard InChI is InChI=1S/C36H44FN7O4/c1-20(2)28(37)17-40-35(48)29-14-36-19-41-30(46)11-9-7-6-8-10-24-12-25(26-15-38-23(5)39-16-26)13-27-32(22(4)45)42-43(33(24)27)18-31(47)44(29)34(36)21(36)3/h12-13,15-16,21,29,34H,6-11,14,17-19H2,1-5H3,(H,40,48)(H,41,46)/t21?,29-,34?,36+/m0/s1. The number of ketones is 1. The number of halogens is 1. The molecule has 1 saturated carbocycles. The van der Waals surface area contributed by atoms with E-state index in [1.807, 2.05) is 19.9 Å². The van der Waals surface area contributed by atoms with Crippen LogP contribution in [0.2, 0.25) is 0 Å². The first-order valence-electron chi connectivity index (χ1n) is 16.9. The fraction of sp³-hybridized carbons (Fsp3) is 0.528. The summed E-state index contributed by atoms with van der Waals surface area (Å²) in [6.45, 7) is 8.52. The summed E-state index contributed by atoms with van der Waals surface area (Å²) in [7, 11) is 0. The van der Waals surface area contributed by atoms with Crippen molar-refractivity contribution < 1.29 is 23.6 Å². The Morgan fingerprint density at radius 1 is 1.04 bits per heavy atom. The van der Waals surface area contributed by atoms with E-state index < -0.39 is 23.2 Å². The minimum atomic E-state index is -0.832. The molecule has 2 aromatic heterocycles. The molecule has 3 aromatic rings. The van der Waals surface area contributed by atoms with Crippen molar-refractivity contribution in [3.05, 3.63) is 53.0 Å². The first kappa shape index (κ1) is 33.4. The van der Waals surface area contributed by atoms with Gasteiger partial charge in [-0.15, -0.1) is 0 Å². The van der Waals surface area contributed by atoms with Crippen LogP contribution in [0.1, 0.15) is 88.1 Å². The molecule has 12 heteroatoms. The van der Waals surface area contributed by atoms with Crippen molar-refractivity contribution in [2.75, 3.05) is 13.1 Å². The Balaban J connectivity index is 1.42. The molecule has 6 rings (SSSR count). The number of nitrogens with zero attached hydrogens (tertiary/aromatic N) is 5. The number of Topliss-reactive ketones (excluding diaryl/α,β-unsaturated/α-hetero) is 1. The number of hydrogen-bond acceptors (Lipinski definition) is 7. The summed E-state index contributed by atoms with van der Waals surface area (Å²) in [5, 5.41) is 11.1. The second kappa shape index (κ2) is 13.2. The summed E-state index contributed by atoms with van der Waals surface area (Å²) in [5.41, 5.74) is 3.61. The van der Waals surface area contributed by atoms with Gasteiger partial charge in [-0.3, -0.25) is 23.9 Å². The number of rotatable bonds is 5. The molecule has 2 unspecified atom stereocenters. The van der Waals surface area contributed by atoms with Crippen LogP contribution in [0.3, 0.4) is 0 Å². The van der Waals surface area contributed by atoms with Crippen LogP contribution in [0.5, 0.6) is 0 Å². The zero-order chi connectivity index (χ0) is 34.3. The predicted octanol–water partition coefficient (Wildman–Crippen LogP) is 4.61. The highest BCUT2D eigenvalue weighted by molar-refractivity contribution is 6.07. The summed E-state index contributed by atoms with van der Waals surface area (Å²) < 4.78 is 16.0. The number of nitrogens with one attached hydrogen (secondary N) is 2. The van der Waals surface area contributed by atoms with Crippen LogP contribution in [0.15, 0.2) is 35.9 Å². The summed E-state index contributed by atoms with van der Waals surface area (Å²) in [6, 6.07) is 2.87. The summed E-state index contributed by atoms with van der Waals surface area (Å²) >= 11 is 0. The molecule has 11 nitrogen and oxygen atoms in total. The maximum atomic E-state index is 14.4. The van der Waals surface area contributed by atoms with Crippen molar-refractivity contribution in [1.82, 2.24) is 35.3 Å². The molecule has 254 valence electrons. The number of aromatic nitrogens is 4. The first-order chi connectivity index (χ1) is 22.9. The number of hydrogen-bond donors (Lipinski definition) is 2. The van der Waals surface area contributed by atoms with Crippen LogP contribution in [0.4, 0.5) is 4.39 Å². The van der Waals surface area contributed by atoms with Crippen molar-refractivity contribution in [2.45, 2.75) is 98.2 Å². The van der Waals surface area contributed by atoms with E-state index >= 15 is 0 Å². The fourth-order valence-electron chi connectivity index (χ4n) is 7.69. The molecule has 4 atom stereocenters. The number of amides is 3. The Labute approximate surface area is 279 Å². The molecule has 1 aliphatic carbocycles. The quantitative estimate of drug-likeness (QED) is 0.382. The number of benzene rings is 1. The molecular formula is C36H44FN7O4. The van der Waals surface area contributed by atoms with Gasteiger partial charge in [-0.1, -0.05) is 19.8 Å². The van der Waals surface area contributed by atoms with E-state index in [4.69, 9.17) is 5.10 Å². The van der Waals surface area contributed by atoms with Gasteiger partial charge in [0.1, 0.15) is 29.9 Å². The fourth-order valence-corrected chi connectivity index (χ4v) is 7.69. The van der Waals surface area contributed by atoms with Crippen LogP contribution in [0, 0.1) is 18.3 Å². The highest BCUT2D eigenvalue weighted by Gasteiger charge is 2.72. The van der Waals surface area contributed by atoms with Gasteiger partial charge in [0.15, 0.2) is 5.78 Å². The van der Waals surface area contributed by atoms with Gasteiger partial charge in [-0.2, -0.15) is 5.10 Å². The molecular weight excluding hydrogens is 613 g/mol. The third-order valence-electron chi connectivity index (χ3n) is 10.5. The maximum Gasteiger partial charge on any atom is 0.245 e. The minimum Gasteiger partial charge on any atom is -0.355 e. The third kappa shape index (κ3) is 6.24. The van der Waals surface area contributed by atoms with Gasteiger partial charge in [0, 0.05) is 54.7 Å². The van der Waals surface area contributed by atoms with E-state index in [0.717, 1.165) is 42.4 Å². The Morgan fingerprint density at radius 2 is 1.75 bits per heavy atom. The van der Waals surface area contributed by atoms with Crippen molar-refractivity contribution >= 4 is 34.4 Å². The molecule has 4 heterocycles. The summed E-state index contributed by atoms with van der Waals surface area (Å²) in [6.07, 6.45) is 8.36. The number of carbonyl (C=O) groups excluding carboxylic acids is 4. The predicted molar refractivity (Wildman–Crippen MR) is 178 cm³/mol. The lowest BCUT2D eigenvalue weighted by molar-refractivity contribution is -0.140. The van der Waals surface area contributed by atoms with Crippen molar-refractivity contribution in [1.29, 1.82) is 0 Å². The highest BCUT2D eigenvalue weighted by Crippen LogP contribution is 2.64. The molecule has 48 heavy (non-hydrogen) atoms. The highest BCUT2D eigenvalue weighted by atomic mass is 19.1. The van der Waals surface area contributed by atoms with Gasteiger partial charge in [0.05, 0.1) is 12.1 Å². The first-order valence-corrected chi connectivity index (χ1v) is 16.9. The van der Waals surface area contributed by atoms with Crippen molar-refractivity contribution in [2.24, 2.45) is 11.3 Å². The SMILES string of the molecule is CC(=O)c1nn2c3c(cc(-c4cnc(C)nc4)cc13)CCCCCCC(=O)NC[C@@]13C[C@@H](C(=O)NCC(F)=C(C)C)N(C(=O)C2)C1C3C. The largest absolute Gasteiger partial charge is 0.355 e. The van der Waals surface area contributed by atoms with Crippen LogP contribution in [-0.4, -0.2) is 73.3 Å². The zero-order valence-corrected chi connectivity index (χ0v) is 28.4. The zero-order valence-electron chi connectivity index (χ0n) is 28.4. The third-order valence-corrected chi connectivity index (χ3v) is 10.5. The van der Waals surface area contributed by atoms with E-state index in [-0.39, 0.29) is 48.3 Å². The van der Waals surface area contributed by atoms with E-state index in [1.165, 1.54) is 6.92 Å². The van der Waals surface area contributed by atoms with E-state index in [9.17, 15) is 23.6 Å². The van der Waals surface area contributed by atoms with Crippen LogP contribution in [-0.2, 0) is 27.3 Å². The van der Waals surface area contributed by atoms with Crippen LogP contribution >= 0.6 is 0 Å². The van der Waals surface area contributed by atoms with Crippen molar-refractivity contribution in [3.63, 3.8) is 0 Å². The molecule has 2 aliphatic heterocycles. The molecule has 2 N–H and O–H groups in total. The van der Waals surface area contributed by atoms with Gasteiger partial charge in [-0.05, 0) is 81.2 Å². The molecule has 1 saturated heterocycles. The van der Waals surface area contributed by atoms with E-state index in [2.05, 4.69) is 26.7 Å². The Bertz CT molecular complexity index is 1810. The van der Waals surface area contributed by atoms with E-state index in [1.54, 1.807) is 35.8 Å². The normalized spacial score (nSPS) is 24.5. The van der Waals surface area contributed by atoms with Crippen LogP contribution < -0.4 is 10.6 Å². The lowest BCUT2D eigenvalue weighted by Gasteiger charge is -2.28. The Kier molecular flexibility index (Phi) is 9.19. The molecule has 0 radical (unpaired) electrons. The summed E-state index contributed by atoms with van der Waals surface area (Å²) in [5.74, 6) is -0.720. The lowest BCUT2D eigenvalue weighted by atomic mass is 9.95. The smallest absolute Gasteiger partial charge is 0.245 e. The van der Waals surface area contributed by atoms with Gasteiger partial charge in [0.2, 0.25) is 17.7 Å². The molecule has 3 amide bonds. The minimum absolute atomic E-state index is 0.0328. The number of aryl methyl sites for hydroxylation is 2. The monoisotopic (exact) mass is 657 g/mol. The molecule has 2 fully saturated rings. The van der Waals surface area contributed by atoms with Gasteiger partial charge in [0.25, 0.3) is 0 Å². The van der Waals surface area contributed by atoms with Gasteiger partial charge in [-0.25, -0.2) is 14.4 Å². The second-order valence-electron chi connectivity index (χ2n) is 13.9. The molecule has 2 bridgehead atoms. The maximum absolute atomic E-state index is 14.4. The molecule has 3 aliphatic rings. The average Bonchev–Trinajstić information content (AvgIpc) is 3.31. The number of allylic oxidation sites excluding steroid dienone is 1. The second-order valence-corrected chi connectivity index (χ2v) is 13.9. The number of carbonyl (C=O) groups is 4. The molecule has 0 spiro atoms. The Hall–Kier alpha value is -4.48. The Morgan fingerprint density at radius 3 is 2.44 bits per heavy atom. The van der Waals surface area contributed by atoms with Crippen LogP contribution in [0.25, 0.3) is 22.0 Å². The van der Waals surface area contributed by atoms with E-state index in [0.29, 0.717) is 48.1 Å². The molecule has 1 aromatic carbocycles. The topological polar surface area (TPSA) is 139 Å².